The standard InChI is InChI=1S/C40H50N2O6Si/c1-26(2)22-23-33(36-34(48-49(7,8)39(4,5)6)24-35(46-36)42-25-27(3)37(43)41-38(42)44)47-40(28-16-10-9-11-17-28)29-18-12-14-20-31(29)45-32-21-15-13-19-30(32)40/h9-21,25-26,33-36H,22-24H2,1-8H3,(H,41,43,44)/t33-,34-,35+,36+/m0/s1. The summed E-state index contributed by atoms with van der Waals surface area (Å²) in [5.74, 6) is 1.89. The first kappa shape index (κ1) is 35.1. The summed E-state index contributed by atoms with van der Waals surface area (Å²) in [4.78, 5) is 28.0. The van der Waals surface area contributed by atoms with Gasteiger partial charge in [0.05, 0.1) is 12.2 Å². The molecule has 6 rings (SSSR count). The van der Waals surface area contributed by atoms with E-state index in [1.54, 1.807) is 13.1 Å². The molecule has 1 N–H and O–H groups in total. The number of H-pyrrole nitrogens is 1. The number of benzene rings is 3. The van der Waals surface area contributed by atoms with Gasteiger partial charge in [-0.15, -0.1) is 0 Å². The van der Waals surface area contributed by atoms with Crippen molar-refractivity contribution in [2.24, 2.45) is 5.92 Å². The SMILES string of the molecule is Cc1cn([C@H]2C[C@H](O[Si](C)(C)C(C)(C)C)[C@@H]([C@H](CCC(C)C)OC3(c4ccccc4)c4ccccc4Oc4ccccc43)O2)c(=O)[nH]c1=O. The Morgan fingerprint density at radius 3 is 2.10 bits per heavy atom. The average molecular weight is 683 g/mol. The smallest absolute Gasteiger partial charge is 0.330 e. The van der Waals surface area contributed by atoms with Gasteiger partial charge in [-0.25, -0.2) is 4.79 Å². The highest BCUT2D eigenvalue weighted by atomic mass is 28.4. The molecule has 0 saturated carbocycles. The Labute approximate surface area is 290 Å². The lowest BCUT2D eigenvalue weighted by molar-refractivity contribution is -0.148. The third-order valence-corrected chi connectivity index (χ3v) is 15.0. The molecule has 0 unspecified atom stereocenters. The molecule has 3 aromatic carbocycles. The first-order chi connectivity index (χ1) is 23.2. The van der Waals surface area contributed by atoms with E-state index in [-0.39, 0.29) is 11.1 Å². The Morgan fingerprint density at radius 1 is 0.918 bits per heavy atom. The van der Waals surface area contributed by atoms with E-state index in [1.807, 2.05) is 54.6 Å². The molecule has 2 aliphatic rings. The summed E-state index contributed by atoms with van der Waals surface area (Å²) in [6.07, 6.45) is 1.67. The minimum absolute atomic E-state index is 0.0564. The van der Waals surface area contributed by atoms with E-state index >= 15 is 0 Å². The van der Waals surface area contributed by atoms with Crippen LogP contribution in [0.4, 0.5) is 0 Å². The minimum atomic E-state index is -2.32. The van der Waals surface area contributed by atoms with Crippen LogP contribution in [0.2, 0.25) is 18.1 Å². The first-order valence-electron chi connectivity index (χ1n) is 17.5. The van der Waals surface area contributed by atoms with E-state index in [2.05, 4.69) is 77.0 Å². The summed E-state index contributed by atoms with van der Waals surface area (Å²) >= 11 is 0. The summed E-state index contributed by atoms with van der Waals surface area (Å²) in [5.41, 5.74) is 1.33. The topological polar surface area (TPSA) is 91.8 Å². The predicted molar refractivity (Wildman–Crippen MR) is 195 cm³/mol. The second kappa shape index (κ2) is 13.5. The van der Waals surface area contributed by atoms with Gasteiger partial charge in [-0.05, 0) is 61.5 Å². The lowest BCUT2D eigenvalue weighted by Gasteiger charge is -2.45. The number of rotatable bonds is 10. The number of aromatic amines is 1. The van der Waals surface area contributed by atoms with Gasteiger partial charge in [0, 0.05) is 29.3 Å². The molecular formula is C40H50N2O6Si. The fourth-order valence-corrected chi connectivity index (χ4v) is 8.13. The van der Waals surface area contributed by atoms with Gasteiger partial charge in [0.15, 0.2) is 13.9 Å². The van der Waals surface area contributed by atoms with E-state index in [1.165, 1.54) is 4.57 Å². The van der Waals surface area contributed by atoms with Crippen molar-refractivity contribution in [1.29, 1.82) is 0 Å². The molecule has 8 nitrogen and oxygen atoms in total. The predicted octanol–water partition coefficient (Wildman–Crippen LogP) is 8.44. The summed E-state index contributed by atoms with van der Waals surface area (Å²) in [7, 11) is -2.32. The fourth-order valence-electron chi connectivity index (χ4n) is 6.78. The third kappa shape index (κ3) is 6.74. The van der Waals surface area contributed by atoms with Crippen LogP contribution in [0.25, 0.3) is 0 Å². The van der Waals surface area contributed by atoms with Gasteiger partial charge in [0.1, 0.15) is 23.8 Å². The van der Waals surface area contributed by atoms with E-state index in [9.17, 15) is 9.59 Å². The summed E-state index contributed by atoms with van der Waals surface area (Å²) in [6.45, 7) is 17.3. The summed E-state index contributed by atoms with van der Waals surface area (Å²) < 4.78 is 29.9. The lowest BCUT2D eigenvalue weighted by atomic mass is 9.77. The lowest BCUT2D eigenvalue weighted by Crippen LogP contribution is -2.50. The highest BCUT2D eigenvalue weighted by Gasteiger charge is 2.52. The van der Waals surface area contributed by atoms with Crippen LogP contribution in [0.5, 0.6) is 11.5 Å². The van der Waals surface area contributed by atoms with Crippen molar-refractivity contribution in [3.05, 3.63) is 128 Å². The van der Waals surface area contributed by atoms with Gasteiger partial charge in [-0.2, -0.15) is 0 Å². The van der Waals surface area contributed by atoms with Crippen LogP contribution in [0, 0.1) is 12.8 Å². The summed E-state index contributed by atoms with van der Waals surface area (Å²) in [6, 6.07) is 26.5. The molecule has 0 aliphatic carbocycles. The molecule has 9 heteroatoms. The Bertz CT molecular complexity index is 1850. The number of ether oxygens (including phenoxy) is 3. The Balaban J connectivity index is 1.53. The second-order valence-corrected chi connectivity index (χ2v) is 20.2. The van der Waals surface area contributed by atoms with E-state index in [4.69, 9.17) is 18.6 Å². The second-order valence-electron chi connectivity index (χ2n) is 15.5. The van der Waals surface area contributed by atoms with Gasteiger partial charge in [-0.1, -0.05) is 101 Å². The van der Waals surface area contributed by atoms with Gasteiger partial charge in [0.2, 0.25) is 0 Å². The first-order valence-corrected chi connectivity index (χ1v) is 20.4. The minimum Gasteiger partial charge on any atom is -0.457 e. The number of para-hydroxylation sites is 2. The van der Waals surface area contributed by atoms with Gasteiger partial charge in [0.25, 0.3) is 5.56 Å². The number of aromatic nitrogens is 2. The molecule has 0 amide bonds. The third-order valence-electron chi connectivity index (χ3n) is 10.5. The van der Waals surface area contributed by atoms with E-state index in [0.29, 0.717) is 24.3 Å². The van der Waals surface area contributed by atoms with Crippen molar-refractivity contribution in [2.75, 3.05) is 0 Å². The Kier molecular flexibility index (Phi) is 9.67. The van der Waals surface area contributed by atoms with Crippen LogP contribution in [0.3, 0.4) is 0 Å². The molecule has 0 bridgehead atoms. The molecule has 49 heavy (non-hydrogen) atoms. The normalized spacial score (nSPS) is 20.8. The van der Waals surface area contributed by atoms with Crippen molar-refractivity contribution in [2.45, 2.75) is 109 Å². The molecule has 2 aliphatic heterocycles. The molecule has 1 fully saturated rings. The van der Waals surface area contributed by atoms with Crippen LogP contribution < -0.4 is 16.0 Å². The van der Waals surface area contributed by atoms with Crippen molar-refractivity contribution in [3.8, 4) is 11.5 Å². The number of nitrogens with one attached hydrogen (secondary N) is 1. The zero-order valence-corrected chi connectivity index (χ0v) is 31.0. The highest BCUT2D eigenvalue weighted by Crippen LogP contribution is 2.54. The molecular weight excluding hydrogens is 633 g/mol. The zero-order chi connectivity index (χ0) is 35.1. The number of hydrogen-bond donors (Lipinski definition) is 1. The maximum absolute atomic E-state index is 13.2. The molecule has 4 aromatic rings. The molecule has 260 valence electrons. The molecule has 4 atom stereocenters. The quantitative estimate of drug-likeness (QED) is 0.169. The number of aryl methyl sites for hydroxylation is 1. The Hall–Kier alpha value is -3.76. The number of fused-ring (bicyclic) bond motifs is 2. The number of hydrogen-bond acceptors (Lipinski definition) is 6. The van der Waals surface area contributed by atoms with Crippen LogP contribution in [-0.4, -0.2) is 36.2 Å². The van der Waals surface area contributed by atoms with E-state index in [0.717, 1.165) is 34.6 Å². The Morgan fingerprint density at radius 2 is 1.51 bits per heavy atom. The molecule has 0 radical (unpaired) electrons. The van der Waals surface area contributed by atoms with Crippen LogP contribution in [-0.2, 0) is 19.5 Å². The van der Waals surface area contributed by atoms with Crippen LogP contribution in [0.15, 0.2) is 94.6 Å². The number of nitrogens with zero attached hydrogens (tertiary/aromatic N) is 1. The van der Waals surface area contributed by atoms with Crippen molar-refractivity contribution < 1.29 is 18.6 Å². The van der Waals surface area contributed by atoms with Gasteiger partial charge < -0.3 is 18.6 Å². The molecule has 1 saturated heterocycles. The average Bonchev–Trinajstić information content (AvgIpc) is 3.46. The van der Waals surface area contributed by atoms with Gasteiger partial charge in [-0.3, -0.25) is 14.3 Å². The van der Waals surface area contributed by atoms with Crippen molar-refractivity contribution in [3.63, 3.8) is 0 Å². The maximum atomic E-state index is 13.2. The van der Waals surface area contributed by atoms with Crippen LogP contribution >= 0.6 is 0 Å². The van der Waals surface area contributed by atoms with Crippen LogP contribution in [0.1, 0.15) is 82.4 Å². The molecule has 3 heterocycles. The molecule has 0 spiro atoms. The summed E-state index contributed by atoms with van der Waals surface area (Å²) in [5, 5.41) is -0.0564. The van der Waals surface area contributed by atoms with Crippen molar-refractivity contribution in [1.82, 2.24) is 9.55 Å². The van der Waals surface area contributed by atoms with E-state index < -0.39 is 43.6 Å². The zero-order valence-electron chi connectivity index (χ0n) is 30.0. The van der Waals surface area contributed by atoms with Crippen molar-refractivity contribution >= 4 is 8.32 Å². The monoisotopic (exact) mass is 682 g/mol. The molecule has 1 aromatic heterocycles. The largest absolute Gasteiger partial charge is 0.457 e. The highest BCUT2D eigenvalue weighted by molar-refractivity contribution is 6.74. The maximum Gasteiger partial charge on any atom is 0.330 e. The fraction of sp³-hybridized carbons (Fsp3) is 0.450. The van der Waals surface area contributed by atoms with Gasteiger partial charge >= 0.3 is 5.69 Å².